The molecule has 0 radical (unpaired) electrons. The second-order valence-electron chi connectivity index (χ2n) is 5.86. The summed E-state index contributed by atoms with van der Waals surface area (Å²) in [5.41, 5.74) is 9.54. The van der Waals surface area contributed by atoms with Gasteiger partial charge in [-0.25, -0.2) is 4.39 Å². The molecular weight excluding hydrogens is 319 g/mol. The van der Waals surface area contributed by atoms with Crippen LogP contribution in [0.4, 0.5) is 10.4 Å². The van der Waals surface area contributed by atoms with Gasteiger partial charge >= 0.3 is 6.01 Å². The second-order valence-corrected chi connectivity index (χ2v) is 5.86. The highest BCUT2D eigenvalue weighted by Gasteiger charge is 2.12. The van der Waals surface area contributed by atoms with Gasteiger partial charge in [-0.1, -0.05) is 48.5 Å². The molecule has 0 fully saturated rings. The van der Waals surface area contributed by atoms with Gasteiger partial charge in [0.2, 0.25) is 0 Å². The van der Waals surface area contributed by atoms with Gasteiger partial charge in [0, 0.05) is 19.0 Å². The molecule has 0 amide bonds. The minimum atomic E-state index is -0.263. The Balaban J connectivity index is 1.59. The van der Waals surface area contributed by atoms with Gasteiger partial charge in [0.05, 0.1) is 0 Å². The van der Waals surface area contributed by atoms with Crippen LogP contribution in [0.3, 0.4) is 0 Å². The lowest BCUT2D eigenvalue weighted by Gasteiger charge is -2.15. The van der Waals surface area contributed by atoms with Crippen molar-refractivity contribution in [1.29, 1.82) is 0 Å². The zero-order chi connectivity index (χ0) is 17.6. The van der Waals surface area contributed by atoms with Crippen LogP contribution in [-0.4, -0.2) is 16.7 Å². The zero-order valence-electron chi connectivity index (χ0n) is 14.1. The number of benzene rings is 2. The highest BCUT2D eigenvalue weighted by molar-refractivity contribution is 5.32. The second kappa shape index (κ2) is 7.90. The molecule has 0 aliphatic carbocycles. The van der Waals surface area contributed by atoms with Gasteiger partial charge in [-0.15, -0.1) is 0 Å². The summed E-state index contributed by atoms with van der Waals surface area (Å²) >= 11 is 0. The topological polar surface area (TPSA) is 77.0 Å². The molecule has 0 aliphatic rings. The maximum Gasteiger partial charge on any atom is 0.321 e. The van der Waals surface area contributed by atoms with Gasteiger partial charge in [0.15, 0.2) is 5.82 Å². The van der Waals surface area contributed by atoms with Crippen molar-refractivity contribution in [1.82, 2.24) is 10.1 Å². The summed E-state index contributed by atoms with van der Waals surface area (Å²) in [6, 6.07) is 14.5. The molecule has 0 aliphatic heterocycles. The fraction of sp³-hybridized carbons (Fsp3) is 0.263. The maximum absolute atomic E-state index is 12.9. The van der Waals surface area contributed by atoms with Crippen molar-refractivity contribution >= 4 is 6.01 Å². The molecule has 1 heterocycles. The summed E-state index contributed by atoms with van der Waals surface area (Å²) in [4.78, 5) is 4.30. The predicted octanol–water partition coefficient (Wildman–Crippen LogP) is 3.47. The Morgan fingerprint density at radius 1 is 1.16 bits per heavy atom. The number of aromatic nitrogens is 2. The number of nitrogens with two attached hydrogens (primary N) is 1. The molecule has 1 atom stereocenters. The zero-order valence-corrected chi connectivity index (χ0v) is 14.1. The first-order chi connectivity index (χ1) is 12.2. The van der Waals surface area contributed by atoms with Crippen molar-refractivity contribution < 1.29 is 8.91 Å². The third-order valence-electron chi connectivity index (χ3n) is 4.05. The SMILES string of the molecule is CCc1ccccc1C(N)CNc1nc(Cc2ccc(F)cc2)no1. The van der Waals surface area contributed by atoms with E-state index in [1.807, 2.05) is 18.2 Å². The number of halogens is 1. The Morgan fingerprint density at radius 2 is 1.92 bits per heavy atom. The Labute approximate surface area is 146 Å². The van der Waals surface area contributed by atoms with Crippen LogP contribution in [0.2, 0.25) is 0 Å². The largest absolute Gasteiger partial charge is 0.336 e. The third kappa shape index (κ3) is 4.42. The summed E-state index contributed by atoms with van der Waals surface area (Å²) in [6.45, 7) is 2.61. The van der Waals surface area contributed by atoms with E-state index in [0.717, 1.165) is 17.5 Å². The van der Waals surface area contributed by atoms with Crippen LogP contribution in [0.25, 0.3) is 0 Å². The van der Waals surface area contributed by atoms with Crippen LogP contribution in [0.15, 0.2) is 53.1 Å². The molecule has 25 heavy (non-hydrogen) atoms. The van der Waals surface area contributed by atoms with Gasteiger partial charge in [0.25, 0.3) is 0 Å². The standard InChI is InChI=1S/C19H21FN4O/c1-2-14-5-3-4-6-16(14)17(21)12-22-19-23-18(24-25-19)11-13-7-9-15(20)10-8-13/h3-10,17H,2,11-12,21H2,1H3,(H,22,23,24). The number of anilines is 1. The molecule has 0 saturated carbocycles. The minimum absolute atomic E-state index is 0.163. The Kier molecular flexibility index (Phi) is 5.40. The first-order valence-electron chi connectivity index (χ1n) is 8.30. The van der Waals surface area contributed by atoms with Crippen LogP contribution in [0, 0.1) is 5.82 Å². The summed E-state index contributed by atoms with van der Waals surface area (Å²) < 4.78 is 18.1. The minimum Gasteiger partial charge on any atom is -0.336 e. The van der Waals surface area contributed by atoms with Crippen molar-refractivity contribution in [3.63, 3.8) is 0 Å². The van der Waals surface area contributed by atoms with Crippen molar-refractivity contribution in [2.75, 3.05) is 11.9 Å². The molecule has 1 unspecified atom stereocenters. The Hall–Kier alpha value is -2.73. The number of rotatable bonds is 7. The molecule has 0 bridgehead atoms. The van der Waals surface area contributed by atoms with E-state index in [4.69, 9.17) is 10.3 Å². The first kappa shape index (κ1) is 17.1. The molecule has 1 aromatic heterocycles. The van der Waals surface area contributed by atoms with E-state index in [1.54, 1.807) is 12.1 Å². The molecule has 3 N–H and O–H groups in total. The van der Waals surface area contributed by atoms with Crippen LogP contribution >= 0.6 is 0 Å². The molecular formula is C19H21FN4O. The Morgan fingerprint density at radius 3 is 2.68 bits per heavy atom. The van der Waals surface area contributed by atoms with Crippen LogP contribution in [0.5, 0.6) is 0 Å². The monoisotopic (exact) mass is 340 g/mol. The highest BCUT2D eigenvalue weighted by Crippen LogP contribution is 2.17. The number of aryl methyl sites for hydroxylation is 1. The summed E-state index contributed by atoms with van der Waals surface area (Å²) in [6.07, 6.45) is 1.42. The Bertz CT molecular complexity index is 816. The predicted molar refractivity (Wildman–Crippen MR) is 94.7 cm³/mol. The summed E-state index contributed by atoms with van der Waals surface area (Å²) in [5, 5.41) is 7.02. The number of hydrogen-bond acceptors (Lipinski definition) is 5. The van der Waals surface area contributed by atoms with E-state index in [2.05, 4.69) is 28.4 Å². The maximum atomic E-state index is 12.9. The fourth-order valence-electron chi connectivity index (χ4n) is 2.71. The lowest BCUT2D eigenvalue weighted by atomic mass is 9.99. The third-order valence-corrected chi connectivity index (χ3v) is 4.05. The molecule has 0 spiro atoms. The van der Waals surface area contributed by atoms with Crippen molar-refractivity contribution in [2.24, 2.45) is 5.73 Å². The lowest BCUT2D eigenvalue weighted by molar-refractivity contribution is 0.422. The van der Waals surface area contributed by atoms with Crippen LogP contribution < -0.4 is 11.1 Å². The van der Waals surface area contributed by atoms with E-state index in [1.165, 1.54) is 17.7 Å². The van der Waals surface area contributed by atoms with Gasteiger partial charge in [-0.2, -0.15) is 4.98 Å². The van der Waals surface area contributed by atoms with E-state index in [0.29, 0.717) is 24.8 Å². The molecule has 6 heteroatoms. The molecule has 5 nitrogen and oxygen atoms in total. The first-order valence-corrected chi connectivity index (χ1v) is 8.30. The van der Waals surface area contributed by atoms with Crippen LogP contribution in [-0.2, 0) is 12.8 Å². The quantitative estimate of drug-likeness (QED) is 0.689. The molecule has 3 aromatic rings. The fourth-order valence-corrected chi connectivity index (χ4v) is 2.71. The van der Waals surface area contributed by atoms with Crippen molar-refractivity contribution in [2.45, 2.75) is 25.8 Å². The van der Waals surface area contributed by atoms with Gasteiger partial charge < -0.3 is 15.6 Å². The number of hydrogen-bond donors (Lipinski definition) is 2. The molecule has 130 valence electrons. The van der Waals surface area contributed by atoms with Crippen LogP contribution in [0.1, 0.15) is 35.5 Å². The van der Waals surface area contributed by atoms with Gasteiger partial charge in [-0.05, 0) is 35.2 Å². The lowest BCUT2D eigenvalue weighted by Crippen LogP contribution is -2.22. The summed E-state index contributed by atoms with van der Waals surface area (Å²) in [5.74, 6) is 0.275. The van der Waals surface area contributed by atoms with Gasteiger partial charge in [-0.3, -0.25) is 0 Å². The number of nitrogens with one attached hydrogen (secondary N) is 1. The average molecular weight is 340 g/mol. The summed E-state index contributed by atoms with van der Waals surface area (Å²) in [7, 11) is 0. The van der Waals surface area contributed by atoms with Gasteiger partial charge in [0.1, 0.15) is 5.82 Å². The van der Waals surface area contributed by atoms with E-state index >= 15 is 0 Å². The highest BCUT2D eigenvalue weighted by atomic mass is 19.1. The molecule has 3 rings (SSSR count). The molecule has 2 aromatic carbocycles. The van der Waals surface area contributed by atoms with Crippen molar-refractivity contribution in [3.8, 4) is 0 Å². The number of nitrogens with zero attached hydrogens (tertiary/aromatic N) is 2. The molecule has 0 saturated heterocycles. The average Bonchev–Trinajstić information content (AvgIpc) is 3.09. The van der Waals surface area contributed by atoms with E-state index in [9.17, 15) is 4.39 Å². The van der Waals surface area contributed by atoms with E-state index < -0.39 is 0 Å². The van der Waals surface area contributed by atoms with E-state index in [-0.39, 0.29) is 11.9 Å². The normalized spacial score (nSPS) is 12.1. The smallest absolute Gasteiger partial charge is 0.321 e. The van der Waals surface area contributed by atoms with Crippen molar-refractivity contribution in [3.05, 3.63) is 76.9 Å².